The van der Waals surface area contributed by atoms with Crippen molar-refractivity contribution in [3.63, 3.8) is 0 Å². The zero-order valence-electron chi connectivity index (χ0n) is 22.8. The second-order valence-corrected chi connectivity index (χ2v) is 9.72. The first-order valence-electron chi connectivity index (χ1n) is 14.1. The van der Waals surface area contributed by atoms with E-state index in [1.54, 1.807) is 0 Å². The molecule has 0 radical (unpaired) electrons. The zero-order chi connectivity index (χ0) is 26.9. The van der Waals surface area contributed by atoms with Crippen LogP contribution >= 0.6 is 0 Å². The van der Waals surface area contributed by atoms with E-state index in [-0.39, 0.29) is 63.3 Å². The number of ether oxygens (including phenoxy) is 3. The largest absolute Gasteiger partial charge is 0.465 e. The highest BCUT2D eigenvalue weighted by Crippen LogP contribution is 2.15. The minimum absolute atomic E-state index is 0.00273. The van der Waals surface area contributed by atoms with Crippen LogP contribution in [0.15, 0.2) is 0 Å². The van der Waals surface area contributed by atoms with Crippen molar-refractivity contribution >= 4 is 17.9 Å². The molecule has 0 aliphatic carbocycles. The first-order chi connectivity index (χ1) is 17.5. The Kier molecular flexibility index (Phi) is 23.8. The van der Waals surface area contributed by atoms with Gasteiger partial charge in [-0.1, -0.05) is 71.6 Å². The number of unbranched alkanes of at least 4 members (excludes halogenated alkanes) is 9. The van der Waals surface area contributed by atoms with Gasteiger partial charge in [-0.15, -0.1) is 0 Å². The molecule has 0 aliphatic rings. The topological polar surface area (TPSA) is 119 Å². The van der Waals surface area contributed by atoms with Crippen LogP contribution in [0.25, 0.3) is 0 Å². The number of aliphatic hydroxyl groups excluding tert-OH is 2. The fourth-order valence-electron chi connectivity index (χ4n) is 3.67. The summed E-state index contributed by atoms with van der Waals surface area (Å²) in [4.78, 5) is 36.1. The lowest BCUT2D eigenvalue weighted by Crippen LogP contribution is -2.21. The summed E-state index contributed by atoms with van der Waals surface area (Å²) in [6.45, 7) is 4.24. The van der Waals surface area contributed by atoms with E-state index >= 15 is 0 Å². The predicted octanol–water partition coefficient (Wildman–Crippen LogP) is 5.11. The molecular weight excluding hydrogens is 464 g/mol. The van der Waals surface area contributed by atoms with Gasteiger partial charge in [0.2, 0.25) is 0 Å². The fraction of sp³-hybridized carbons (Fsp3) is 0.893. The third-order valence-corrected chi connectivity index (χ3v) is 6.17. The monoisotopic (exact) mass is 516 g/mol. The Balaban J connectivity index is 4.38. The van der Waals surface area contributed by atoms with Crippen molar-refractivity contribution in [2.75, 3.05) is 33.0 Å². The molecule has 0 bridgehead atoms. The maximum Gasteiger partial charge on any atom is 0.305 e. The number of esters is 3. The maximum absolute atomic E-state index is 12.1. The van der Waals surface area contributed by atoms with Gasteiger partial charge < -0.3 is 24.4 Å². The molecular formula is C28H52O8. The van der Waals surface area contributed by atoms with Crippen LogP contribution in [0.5, 0.6) is 0 Å². The molecule has 0 atom stereocenters. The molecule has 0 aromatic heterocycles. The van der Waals surface area contributed by atoms with E-state index in [9.17, 15) is 14.4 Å². The van der Waals surface area contributed by atoms with Gasteiger partial charge in [0.15, 0.2) is 0 Å². The van der Waals surface area contributed by atoms with E-state index in [0.717, 1.165) is 51.4 Å². The van der Waals surface area contributed by atoms with Crippen molar-refractivity contribution in [2.45, 2.75) is 117 Å². The Hall–Kier alpha value is -1.67. The van der Waals surface area contributed by atoms with Gasteiger partial charge >= 0.3 is 17.9 Å². The molecule has 2 N–H and O–H groups in total. The Labute approximate surface area is 218 Å². The van der Waals surface area contributed by atoms with Crippen molar-refractivity contribution in [1.82, 2.24) is 0 Å². The van der Waals surface area contributed by atoms with Gasteiger partial charge in [-0.05, 0) is 25.7 Å². The highest BCUT2D eigenvalue weighted by Gasteiger charge is 2.16. The van der Waals surface area contributed by atoms with Crippen molar-refractivity contribution in [2.24, 2.45) is 11.8 Å². The van der Waals surface area contributed by atoms with Gasteiger partial charge in [0.05, 0.1) is 33.0 Å². The molecule has 0 saturated carbocycles. The SMILES string of the molecule is CCCCCCCC(=O)OCC(CCCCC(=O)OCC(CO)CO)COC(=O)CCCCCCC. The molecule has 0 aromatic carbocycles. The van der Waals surface area contributed by atoms with Gasteiger partial charge in [-0.25, -0.2) is 0 Å². The smallest absolute Gasteiger partial charge is 0.305 e. The van der Waals surface area contributed by atoms with Crippen molar-refractivity contribution in [3.05, 3.63) is 0 Å². The minimum atomic E-state index is -0.457. The van der Waals surface area contributed by atoms with Crippen LogP contribution in [0.4, 0.5) is 0 Å². The minimum Gasteiger partial charge on any atom is -0.465 e. The maximum atomic E-state index is 12.1. The van der Waals surface area contributed by atoms with Crippen LogP contribution in [-0.2, 0) is 28.6 Å². The van der Waals surface area contributed by atoms with E-state index in [0.29, 0.717) is 32.1 Å². The second-order valence-electron chi connectivity index (χ2n) is 9.72. The summed E-state index contributed by atoms with van der Waals surface area (Å²) in [7, 11) is 0. The average Bonchev–Trinajstić information content (AvgIpc) is 2.87. The van der Waals surface area contributed by atoms with Gasteiger partial charge in [-0.2, -0.15) is 0 Å². The van der Waals surface area contributed by atoms with E-state index in [1.807, 2.05) is 0 Å². The first kappa shape index (κ1) is 34.3. The first-order valence-corrected chi connectivity index (χ1v) is 14.1. The quantitative estimate of drug-likeness (QED) is 0.0975. The van der Waals surface area contributed by atoms with Crippen LogP contribution in [0.3, 0.4) is 0 Å². The molecule has 36 heavy (non-hydrogen) atoms. The molecule has 0 aliphatic heterocycles. The number of carbonyl (C=O) groups excluding carboxylic acids is 3. The van der Waals surface area contributed by atoms with Gasteiger partial charge in [0.1, 0.15) is 0 Å². The summed E-state index contributed by atoms with van der Waals surface area (Å²) < 4.78 is 16.0. The van der Waals surface area contributed by atoms with E-state index in [1.165, 1.54) is 12.8 Å². The van der Waals surface area contributed by atoms with Gasteiger partial charge in [0.25, 0.3) is 0 Å². The number of rotatable bonds is 25. The van der Waals surface area contributed by atoms with Gasteiger partial charge in [-0.3, -0.25) is 14.4 Å². The number of hydrogen-bond donors (Lipinski definition) is 2. The molecule has 0 spiro atoms. The average molecular weight is 517 g/mol. The number of carbonyl (C=O) groups is 3. The number of hydrogen-bond acceptors (Lipinski definition) is 8. The zero-order valence-corrected chi connectivity index (χ0v) is 22.8. The normalized spacial score (nSPS) is 11.2. The lowest BCUT2D eigenvalue weighted by molar-refractivity contribution is -0.149. The molecule has 8 heteroatoms. The predicted molar refractivity (Wildman–Crippen MR) is 139 cm³/mol. The fourth-order valence-corrected chi connectivity index (χ4v) is 3.67. The van der Waals surface area contributed by atoms with Crippen LogP contribution < -0.4 is 0 Å². The summed E-state index contributed by atoms with van der Waals surface area (Å²) in [6, 6.07) is 0. The lowest BCUT2D eigenvalue weighted by atomic mass is 10.0. The molecule has 212 valence electrons. The lowest BCUT2D eigenvalue weighted by Gasteiger charge is -2.17. The van der Waals surface area contributed by atoms with Crippen LogP contribution in [0.1, 0.15) is 117 Å². The Bertz CT molecular complexity index is 518. The van der Waals surface area contributed by atoms with Gasteiger partial charge in [0, 0.05) is 31.1 Å². The van der Waals surface area contributed by atoms with E-state index in [2.05, 4.69) is 13.8 Å². The Morgan fingerprint density at radius 2 is 0.889 bits per heavy atom. The Morgan fingerprint density at radius 3 is 1.28 bits per heavy atom. The summed E-state index contributed by atoms with van der Waals surface area (Å²) in [6.07, 6.45) is 13.6. The summed E-state index contributed by atoms with van der Waals surface area (Å²) in [5, 5.41) is 18.1. The van der Waals surface area contributed by atoms with E-state index in [4.69, 9.17) is 24.4 Å². The summed E-state index contributed by atoms with van der Waals surface area (Å²) in [5.74, 6) is -1.37. The summed E-state index contributed by atoms with van der Waals surface area (Å²) in [5.41, 5.74) is 0. The van der Waals surface area contributed by atoms with Crippen molar-refractivity contribution < 1.29 is 38.8 Å². The molecule has 0 aromatic rings. The molecule has 0 amide bonds. The van der Waals surface area contributed by atoms with Crippen molar-refractivity contribution in [3.8, 4) is 0 Å². The van der Waals surface area contributed by atoms with Crippen LogP contribution in [0.2, 0.25) is 0 Å². The molecule has 0 saturated heterocycles. The third kappa shape index (κ3) is 21.6. The molecule has 0 rings (SSSR count). The standard InChI is InChI=1S/C28H52O8/c1-3-5-7-9-11-16-26(31)34-21-24(22-35-27(32)17-12-10-8-6-4-2)15-13-14-18-28(33)36-23-25(19-29)20-30/h24-25,29-30H,3-23H2,1-2H3. The van der Waals surface area contributed by atoms with Crippen LogP contribution in [-0.4, -0.2) is 61.2 Å². The summed E-state index contributed by atoms with van der Waals surface area (Å²) >= 11 is 0. The van der Waals surface area contributed by atoms with Crippen LogP contribution in [0, 0.1) is 11.8 Å². The van der Waals surface area contributed by atoms with Crippen molar-refractivity contribution in [1.29, 1.82) is 0 Å². The van der Waals surface area contributed by atoms with E-state index < -0.39 is 5.92 Å². The molecule has 8 nitrogen and oxygen atoms in total. The second kappa shape index (κ2) is 25.0. The number of aliphatic hydroxyl groups is 2. The highest BCUT2D eigenvalue weighted by molar-refractivity contribution is 5.70. The molecule has 0 heterocycles. The Morgan fingerprint density at radius 1 is 0.528 bits per heavy atom. The highest BCUT2D eigenvalue weighted by atomic mass is 16.5. The third-order valence-electron chi connectivity index (χ3n) is 6.17. The molecule has 0 fully saturated rings. The molecule has 0 unspecified atom stereocenters.